The number of nitrogens with zero attached hydrogens (tertiary/aromatic N) is 3. The second kappa shape index (κ2) is 4.31. The van der Waals surface area contributed by atoms with E-state index in [0.717, 1.165) is 12.2 Å². The van der Waals surface area contributed by atoms with E-state index in [-0.39, 0.29) is 5.41 Å². The molecule has 0 aliphatic heterocycles. The molecule has 0 radical (unpaired) electrons. The second-order valence-electron chi connectivity index (χ2n) is 5.41. The van der Waals surface area contributed by atoms with Gasteiger partial charge in [-0.1, -0.05) is 39.8 Å². The van der Waals surface area contributed by atoms with Crippen molar-refractivity contribution in [2.45, 2.75) is 53.1 Å². The molecule has 0 saturated heterocycles. The number of rotatable bonds is 3. The Morgan fingerprint density at radius 2 is 1.93 bits per heavy atom. The van der Waals surface area contributed by atoms with Crippen LogP contribution in [0.25, 0.3) is 0 Å². The SMILES string of the molecule is CC(C)Cn1nnc(CN)c1C(C)(C)C. The van der Waals surface area contributed by atoms with Gasteiger partial charge in [-0.3, -0.25) is 0 Å². The van der Waals surface area contributed by atoms with E-state index in [2.05, 4.69) is 44.9 Å². The quantitative estimate of drug-likeness (QED) is 0.826. The van der Waals surface area contributed by atoms with Gasteiger partial charge in [-0.25, -0.2) is 4.68 Å². The van der Waals surface area contributed by atoms with Crippen LogP contribution in [0.3, 0.4) is 0 Å². The highest BCUT2D eigenvalue weighted by molar-refractivity contribution is 5.19. The van der Waals surface area contributed by atoms with E-state index in [9.17, 15) is 0 Å². The molecule has 0 aliphatic carbocycles. The van der Waals surface area contributed by atoms with Crippen molar-refractivity contribution in [3.8, 4) is 0 Å². The molecule has 86 valence electrons. The Kier molecular flexibility index (Phi) is 3.50. The van der Waals surface area contributed by atoms with Crippen LogP contribution < -0.4 is 5.73 Å². The largest absolute Gasteiger partial charge is 0.325 e. The molecule has 0 bridgehead atoms. The average molecular weight is 210 g/mol. The molecule has 0 aliphatic rings. The van der Waals surface area contributed by atoms with Gasteiger partial charge in [0, 0.05) is 18.5 Å². The smallest absolute Gasteiger partial charge is 0.1000 e. The maximum atomic E-state index is 5.68. The van der Waals surface area contributed by atoms with Crippen molar-refractivity contribution in [3.63, 3.8) is 0 Å². The molecule has 0 spiro atoms. The van der Waals surface area contributed by atoms with Crippen molar-refractivity contribution in [1.82, 2.24) is 15.0 Å². The van der Waals surface area contributed by atoms with Crippen molar-refractivity contribution in [1.29, 1.82) is 0 Å². The van der Waals surface area contributed by atoms with E-state index in [1.165, 1.54) is 5.69 Å². The zero-order chi connectivity index (χ0) is 11.6. The molecule has 4 nitrogen and oxygen atoms in total. The molecule has 0 saturated carbocycles. The normalized spacial score (nSPS) is 12.5. The van der Waals surface area contributed by atoms with E-state index in [4.69, 9.17) is 5.73 Å². The van der Waals surface area contributed by atoms with Gasteiger partial charge < -0.3 is 5.73 Å². The fourth-order valence-corrected chi connectivity index (χ4v) is 1.78. The molecular formula is C11H22N4. The summed E-state index contributed by atoms with van der Waals surface area (Å²) in [7, 11) is 0. The van der Waals surface area contributed by atoms with Gasteiger partial charge in [-0.15, -0.1) is 5.10 Å². The zero-order valence-corrected chi connectivity index (χ0v) is 10.4. The Hall–Kier alpha value is -0.900. The highest BCUT2D eigenvalue weighted by Gasteiger charge is 2.24. The Morgan fingerprint density at radius 3 is 2.33 bits per heavy atom. The van der Waals surface area contributed by atoms with Crippen LogP contribution in [0.1, 0.15) is 46.0 Å². The Bertz CT molecular complexity index is 320. The van der Waals surface area contributed by atoms with Gasteiger partial charge in [-0.2, -0.15) is 0 Å². The zero-order valence-electron chi connectivity index (χ0n) is 10.4. The fraction of sp³-hybridized carbons (Fsp3) is 0.818. The van der Waals surface area contributed by atoms with Crippen LogP contribution >= 0.6 is 0 Å². The van der Waals surface area contributed by atoms with E-state index < -0.39 is 0 Å². The third-order valence-corrected chi connectivity index (χ3v) is 2.25. The third-order valence-electron chi connectivity index (χ3n) is 2.25. The Labute approximate surface area is 91.9 Å². The van der Waals surface area contributed by atoms with E-state index >= 15 is 0 Å². The first-order valence-corrected chi connectivity index (χ1v) is 5.49. The summed E-state index contributed by atoms with van der Waals surface area (Å²) >= 11 is 0. The number of aromatic nitrogens is 3. The van der Waals surface area contributed by atoms with Gasteiger partial charge in [0.05, 0.1) is 11.4 Å². The molecule has 15 heavy (non-hydrogen) atoms. The standard InChI is InChI=1S/C11H22N4/c1-8(2)7-15-10(11(3,4)5)9(6-12)13-14-15/h8H,6-7,12H2,1-5H3. The molecule has 1 aromatic heterocycles. The summed E-state index contributed by atoms with van der Waals surface area (Å²) in [6, 6.07) is 0. The third kappa shape index (κ3) is 2.78. The highest BCUT2D eigenvalue weighted by atomic mass is 15.4. The molecule has 1 rings (SSSR count). The van der Waals surface area contributed by atoms with Gasteiger partial charge in [0.25, 0.3) is 0 Å². The van der Waals surface area contributed by atoms with Crippen LogP contribution in [-0.2, 0) is 18.5 Å². The first-order valence-electron chi connectivity index (χ1n) is 5.49. The summed E-state index contributed by atoms with van der Waals surface area (Å²) in [5, 5.41) is 8.32. The number of hydrogen-bond acceptors (Lipinski definition) is 3. The van der Waals surface area contributed by atoms with Crippen molar-refractivity contribution in [2.75, 3.05) is 0 Å². The van der Waals surface area contributed by atoms with Crippen LogP contribution in [0.2, 0.25) is 0 Å². The topological polar surface area (TPSA) is 56.7 Å². The van der Waals surface area contributed by atoms with Gasteiger partial charge in [0.15, 0.2) is 0 Å². The lowest BCUT2D eigenvalue weighted by atomic mass is 9.90. The highest BCUT2D eigenvalue weighted by Crippen LogP contribution is 2.24. The molecule has 2 N–H and O–H groups in total. The lowest BCUT2D eigenvalue weighted by Crippen LogP contribution is -2.22. The Balaban J connectivity index is 3.12. The van der Waals surface area contributed by atoms with Gasteiger partial charge in [0.1, 0.15) is 0 Å². The van der Waals surface area contributed by atoms with Gasteiger partial charge >= 0.3 is 0 Å². The van der Waals surface area contributed by atoms with Crippen LogP contribution in [0.4, 0.5) is 0 Å². The molecule has 0 atom stereocenters. The summed E-state index contributed by atoms with van der Waals surface area (Å²) in [5.41, 5.74) is 7.81. The summed E-state index contributed by atoms with van der Waals surface area (Å²) in [6.07, 6.45) is 0. The predicted octanol–water partition coefficient (Wildman–Crippen LogP) is 1.69. The lowest BCUT2D eigenvalue weighted by molar-refractivity contribution is 0.421. The van der Waals surface area contributed by atoms with E-state index in [0.29, 0.717) is 12.5 Å². The van der Waals surface area contributed by atoms with Crippen LogP contribution in [0.5, 0.6) is 0 Å². The molecule has 0 fully saturated rings. The van der Waals surface area contributed by atoms with Crippen molar-refractivity contribution in [2.24, 2.45) is 11.7 Å². The average Bonchev–Trinajstić information content (AvgIpc) is 2.45. The Morgan fingerprint density at radius 1 is 1.33 bits per heavy atom. The maximum absolute atomic E-state index is 5.68. The molecule has 0 amide bonds. The second-order valence-corrected chi connectivity index (χ2v) is 5.41. The minimum Gasteiger partial charge on any atom is -0.325 e. The molecule has 4 heteroatoms. The summed E-state index contributed by atoms with van der Waals surface area (Å²) < 4.78 is 1.99. The van der Waals surface area contributed by atoms with Crippen molar-refractivity contribution in [3.05, 3.63) is 11.4 Å². The van der Waals surface area contributed by atoms with E-state index in [1.54, 1.807) is 0 Å². The minimum atomic E-state index is 0.0487. The lowest BCUT2D eigenvalue weighted by Gasteiger charge is -2.21. The van der Waals surface area contributed by atoms with E-state index in [1.807, 2.05) is 4.68 Å². The number of hydrogen-bond donors (Lipinski definition) is 1. The first-order chi connectivity index (χ1) is 6.86. The molecule has 1 aromatic rings. The molecule has 0 aromatic carbocycles. The maximum Gasteiger partial charge on any atom is 0.1000 e. The molecule has 1 heterocycles. The minimum absolute atomic E-state index is 0.0487. The van der Waals surface area contributed by atoms with Crippen molar-refractivity contribution < 1.29 is 0 Å². The predicted molar refractivity (Wildman–Crippen MR) is 61.5 cm³/mol. The van der Waals surface area contributed by atoms with Crippen molar-refractivity contribution >= 4 is 0 Å². The molecular weight excluding hydrogens is 188 g/mol. The number of nitrogens with two attached hydrogens (primary N) is 1. The first kappa shape index (κ1) is 12.2. The fourth-order valence-electron chi connectivity index (χ4n) is 1.78. The van der Waals surface area contributed by atoms with Crippen LogP contribution in [0, 0.1) is 5.92 Å². The van der Waals surface area contributed by atoms with Gasteiger partial charge in [0.2, 0.25) is 0 Å². The molecule has 0 unspecified atom stereocenters. The monoisotopic (exact) mass is 210 g/mol. The summed E-state index contributed by atoms with van der Waals surface area (Å²) in [5.74, 6) is 0.568. The summed E-state index contributed by atoms with van der Waals surface area (Å²) in [6.45, 7) is 12.2. The van der Waals surface area contributed by atoms with Gasteiger partial charge in [-0.05, 0) is 5.92 Å². The van der Waals surface area contributed by atoms with Crippen LogP contribution in [0.15, 0.2) is 0 Å². The van der Waals surface area contributed by atoms with Crippen LogP contribution in [-0.4, -0.2) is 15.0 Å². The summed E-state index contributed by atoms with van der Waals surface area (Å²) in [4.78, 5) is 0.